The molecule has 2 aliphatic rings. The topological polar surface area (TPSA) is 133 Å². The molecule has 52 heavy (non-hydrogen) atoms. The Morgan fingerprint density at radius 3 is 1.83 bits per heavy atom. The normalized spacial score (nSPS) is 16.2. The summed E-state index contributed by atoms with van der Waals surface area (Å²) in [6.45, 7) is 1.42. The third kappa shape index (κ3) is 11.3. The number of nitrogens with zero attached hydrogens (tertiary/aromatic N) is 3. The number of carbonyl (C=O) groups excluding carboxylic acids is 1. The van der Waals surface area contributed by atoms with Gasteiger partial charge in [0, 0.05) is 46.6 Å². The predicted octanol–water partition coefficient (Wildman–Crippen LogP) is 7.38. The van der Waals surface area contributed by atoms with E-state index >= 15 is 0 Å². The molecule has 0 radical (unpaired) electrons. The smallest absolute Gasteiger partial charge is 0.256 e. The first kappa shape index (κ1) is 37.4. The largest absolute Gasteiger partial charge is 0.409 e. The lowest BCUT2D eigenvalue weighted by Gasteiger charge is -2.00. The number of halogens is 3. The van der Waals surface area contributed by atoms with Gasteiger partial charge in [0.1, 0.15) is 23.8 Å². The zero-order valence-corrected chi connectivity index (χ0v) is 28.5. The zero-order chi connectivity index (χ0) is 36.7. The summed E-state index contributed by atoms with van der Waals surface area (Å²) in [4.78, 5) is 14.7. The Balaban J connectivity index is 0.000000170. The molecular formula is C40H33ClF2N4O5. The predicted molar refractivity (Wildman–Crippen MR) is 191 cm³/mol. The van der Waals surface area contributed by atoms with Crippen molar-refractivity contribution in [3.8, 4) is 35.1 Å². The maximum Gasteiger partial charge on any atom is 0.256 e. The molecule has 2 aliphatic heterocycles. The van der Waals surface area contributed by atoms with E-state index in [0.29, 0.717) is 35.0 Å². The molecule has 1 aromatic heterocycles. The van der Waals surface area contributed by atoms with Crippen LogP contribution in [0.4, 0.5) is 8.78 Å². The highest BCUT2D eigenvalue weighted by atomic mass is 35.5. The second-order valence-electron chi connectivity index (χ2n) is 11.4. The summed E-state index contributed by atoms with van der Waals surface area (Å²) in [5.41, 5.74) is 9.76. The molecule has 2 unspecified atom stereocenters. The Bertz CT molecular complexity index is 2100. The van der Waals surface area contributed by atoms with Crippen molar-refractivity contribution in [3.05, 3.63) is 142 Å². The lowest BCUT2D eigenvalue weighted by Crippen LogP contribution is -2.12. The number of hydrogen-bond acceptors (Lipinski definition) is 8. The Hall–Kier alpha value is -5.85. The molecule has 3 N–H and O–H groups in total. The van der Waals surface area contributed by atoms with E-state index in [9.17, 15) is 13.6 Å². The fourth-order valence-electron chi connectivity index (χ4n) is 4.92. The van der Waals surface area contributed by atoms with Crippen LogP contribution >= 0.6 is 11.6 Å². The molecule has 5 aromatic rings. The number of aromatic nitrogens is 2. The van der Waals surface area contributed by atoms with Crippen molar-refractivity contribution in [1.82, 2.24) is 10.1 Å². The summed E-state index contributed by atoms with van der Waals surface area (Å²) in [6, 6.07) is 26.8. The van der Waals surface area contributed by atoms with Crippen molar-refractivity contribution in [2.45, 2.75) is 37.9 Å². The van der Waals surface area contributed by atoms with Gasteiger partial charge in [-0.2, -0.15) is 4.98 Å². The number of oxime groups is 1. The van der Waals surface area contributed by atoms with Gasteiger partial charge in [-0.05, 0) is 122 Å². The van der Waals surface area contributed by atoms with E-state index in [1.165, 1.54) is 24.3 Å². The minimum Gasteiger partial charge on any atom is -0.409 e. The van der Waals surface area contributed by atoms with E-state index in [-0.39, 0.29) is 34.9 Å². The van der Waals surface area contributed by atoms with Crippen molar-refractivity contribution in [2.75, 3.05) is 13.2 Å². The molecule has 4 aromatic carbocycles. The Kier molecular flexibility index (Phi) is 13.6. The molecule has 7 rings (SSSR count). The highest BCUT2D eigenvalue weighted by Gasteiger charge is 2.24. The molecule has 2 saturated heterocycles. The average Bonchev–Trinajstić information content (AvgIpc) is 3.98. The van der Waals surface area contributed by atoms with Crippen LogP contribution in [0.5, 0.6) is 0 Å². The van der Waals surface area contributed by atoms with Gasteiger partial charge >= 0.3 is 0 Å². The van der Waals surface area contributed by atoms with E-state index in [4.69, 9.17) is 36.5 Å². The number of benzene rings is 4. The molecule has 3 heterocycles. The first-order valence-electron chi connectivity index (χ1n) is 16.3. The van der Waals surface area contributed by atoms with E-state index in [1.54, 1.807) is 48.5 Å². The summed E-state index contributed by atoms with van der Waals surface area (Å²) in [7, 11) is 0. The molecule has 12 heteroatoms. The van der Waals surface area contributed by atoms with Gasteiger partial charge in [-0.25, -0.2) is 8.78 Å². The monoisotopic (exact) mass is 722 g/mol. The second kappa shape index (κ2) is 18.9. The number of hydrogen-bond donors (Lipinski definition) is 2. The maximum atomic E-state index is 13.1. The van der Waals surface area contributed by atoms with E-state index in [2.05, 4.69) is 39.0 Å². The van der Waals surface area contributed by atoms with Crippen LogP contribution in [0.2, 0.25) is 0 Å². The van der Waals surface area contributed by atoms with Gasteiger partial charge in [0.2, 0.25) is 11.1 Å². The molecule has 0 amide bonds. The minimum absolute atomic E-state index is 0.0460. The maximum absolute atomic E-state index is 13.1. The number of rotatable bonds is 4. The van der Waals surface area contributed by atoms with Crippen LogP contribution in [0.1, 0.15) is 65.5 Å². The van der Waals surface area contributed by atoms with Gasteiger partial charge in [0.05, 0.1) is 0 Å². The molecule has 0 spiro atoms. The van der Waals surface area contributed by atoms with E-state index in [1.807, 2.05) is 24.3 Å². The second-order valence-corrected chi connectivity index (χ2v) is 11.8. The van der Waals surface area contributed by atoms with Crippen LogP contribution in [0.25, 0.3) is 11.4 Å². The highest BCUT2D eigenvalue weighted by molar-refractivity contribution is 6.64. The van der Waals surface area contributed by atoms with Crippen LogP contribution in [0, 0.1) is 35.3 Å². The fourth-order valence-corrected chi connectivity index (χ4v) is 5.09. The molecule has 0 bridgehead atoms. The van der Waals surface area contributed by atoms with Gasteiger partial charge in [-0.3, -0.25) is 4.79 Å². The summed E-state index contributed by atoms with van der Waals surface area (Å²) in [5.74, 6) is 12.2. The van der Waals surface area contributed by atoms with Crippen molar-refractivity contribution in [2.24, 2.45) is 10.9 Å². The third-order valence-electron chi connectivity index (χ3n) is 7.61. The van der Waals surface area contributed by atoms with Gasteiger partial charge in [-0.15, -0.1) is 0 Å². The summed E-state index contributed by atoms with van der Waals surface area (Å²) >= 11 is 5.12. The molecular weight excluding hydrogens is 690 g/mol. The number of amidine groups is 1. The molecule has 0 saturated carbocycles. The first-order chi connectivity index (χ1) is 25.3. The van der Waals surface area contributed by atoms with Crippen LogP contribution < -0.4 is 5.73 Å². The summed E-state index contributed by atoms with van der Waals surface area (Å²) in [5, 5.41) is 15.1. The summed E-state index contributed by atoms with van der Waals surface area (Å²) < 4.78 is 41.9. The highest BCUT2D eigenvalue weighted by Crippen LogP contribution is 2.28. The van der Waals surface area contributed by atoms with Crippen LogP contribution in [0.15, 0.2) is 107 Å². The van der Waals surface area contributed by atoms with Gasteiger partial charge in [0.15, 0.2) is 5.84 Å². The van der Waals surface area contributed by atoms with Crippen molar-refractivity contribution in [3.63, 3.8) is 0 Å². The minimum atomic E-state index is -0.359. The van der Waals surface area contributed by atoms with Gasteiger partial charge in [0.25, 0.3) is 5.89 Å². The Morgan fingerprint density at radius 2 is 1.35 bits per heavy atom. The van der Waals surface area contributed by atoms with E-state index < -0.39 is 0 Å². The SMILES string of the molecule is Fc1cccc(C#Cc2ccc(-c3noc(C4CCCO4)n3)cc2)c1.N/C(=N\O)c1ccc(C#Cc2cccc(F)c2)cc1.O=C(Cl)C1CCCO1. The Labute approximate surface area is 304 Å². The van der Waals surface area contributed by atoms with Crippen LogP contribution in [-0.2, 0) is 14.3 Å². The standard InChI is InChI=1S/C20H15FN2O2.C15H11FN2O.C5H7ClO2/c21-17-4-1-3-15(13-17)7-6-14-8-10-16(11-9-14)19-22-20(25-23-19)18-5-2-12-24-18;16-14-3-1-2-12(10-14)5-4-11-6-8-13(9-7-11)15(17)18-19;6-5(7)4-2-1-3-8-4/h1,3-4,8-11,13,18H,2,5,12H2;1-3,6-10,19H,(H2,17,18);4H,1-3H2. The van der Waals surface area contributed by atoms with Crippen LogP contribution in [0.3, 0.4) is 0 Å². The molecule has 264 valence electrons. The zero-order valence-electron chi connectivity index (χ0n) is 27.8. The summed E-state index contributed by atoms with van der Waals surface area (Å²) in [6.07, 6.45) is 3.29. The fraction of sp³-hybridized carbons (Fsp3) is 0.200. The third-order valence-corrected chi connectivity index (χ3v) is 7.86. The lowest BCUT2D eigenvalue weighted by molar-refractivity contribution is -0.119. The van der Waals surface area contributed by atoms with Crippen molar-refractivity contribution >= 4 is 22.7 Å². The number of carbonyl (C=O) groups is 1. The number of nitrogens with two attached hydrogens (primary N) is 1. The van der Waals surface area contributed by atoms with Crippen molar-refractivity contribution < 1.29 is 32.8 Å². The quantitative estimate of drug-likeness (QED) is 0.0491. The van der Waals surface area contributed by atoms with E-state index in [0.717, 1.165) is 49.0 Å². The van der Waals surface area contributed by atoms with Gasteiger partial charge < -0.3 is 24.9 Å². The van der Waals surface area contributed by atoms with Gasteiger partial charge in [-0.1, -0.05) is 46.1 Å². The molecule has 0 aliphatic carbocycles. The first-order valence-corrected chi connectivity index (χ1v) is 16.6. The van der Waals surface area contributed by atoms with Crippen molar-refractivity contribution in [1.29, 1.82) is 0 Å². The molecule has 9 nitrogen and oxygen atoms in total. The lowest BCUT2D eigenvalue weighted by atomic mass is 10.1. The molecule has 2 fully saturated rings. The van der Waals surface area contributed by atoms with Crippen LogP contribution in [-0.4, -0.2) is 45.7 Å². The average molecular weight is 723 g/mol. The molecule has 2 atom stereocenters. The Morgan fingerprint density at radius 1 is 0.788 bits per heavy atom. The number of ether oxygens (including phenoxy) is 2.